The molecular formula is C19H17ClFNS. The average molecular weight is 346 g/mol. The maximum Gasteiger partial charge on any atom is 0.124 e. The molecule has 0 aliphatic carbocycles. The smallest absolute Gasteiger partial charge is 0.124 e. The lowest BCUT2D eigenvalue weighted by molar-refractivity contribution is 0.313. The average Bonchev–Trinajstić information content (AvgIpc) is 2.54. The fourth-order valence-electron chi connectivity index (χ4n) is 3.36. The Hall–Kier alpha value is -1.29. The van der Waals surface area contributed by atoms with E-state index < -0.39 is 0 Å². The molecule has 1 fully saturated rings. The van der Waals surface area contributed by atoms with Crippen molar-refractivity contribution in [2.24, 2.45) is 0 Å². The molecular weight excluding hydrogens is 329 g/mol. The minimum absolute atomic E-state index is 0.179. The van der Waals surface area contributed by atoms with Crippen LogP contribution in [0.1, 0.15) is 24.0 Å². The number of fused-ring (bicyclic) bond motifs is 2. The van der Waals surface area contributed by atoms with Gasteiger partial charge in [-0.15, -0.1) is 0 Å². The van der Waals surface area contributed by atoms with Crippen LogP contribution in [0.25, 0.3) is 5.57 Å². The van der Waals surface area contributed by atoms with Crippen LogP contribution in [-0.2, 0) is 0 Å². The van der Waals surface area contributed by atoms with E-state index in [0.717, 1.165) is 46.3 Å². The number of nitrogens with zero attached hydrogens (tertiary/aromatic N) is 1. The van der Waals surface area contributed by atoms with Crippen molar-refractivity contribution in [3.63, 3.8) is 0 Å². The summed E-state index contributed by atoms with van der Waals surface area (Å²) >= 11 is 7.89. The molecule has 0 amide bonds. The number of benzene rings is 2. The van der Waals surface area contributed by atoms with E-state index in [-0.39, 0.29) is 5.82 Å². The Kier molecular flexibility index (Phi) is 3.96. The number of piperidine rings is 1. The predicted octanol–water partition coefficient (Wildman–Crippen LogP) is 5.47. The van der Waals surface area contributed by atoms with Crippen molar-refractivity contribution in [3.8, 4) is 0 Å². The third kappa shape index (κ3) is 2.82. The van der Waals surface area contributed by atoms with Gasteiger partial charge in [-0.3, -0.25) is 0 Å². The molecule has 0 bridgehead atoms. The molecule has 2 aliphatic rings. The monoisotopic (exact) mass is 345 g/mol. The van der Waals surface area contributed by atoms with E-state index in [0.29, 0.717) is 0 Å². The van der Waals surface area contributed by atoms with Gasteiger partial charge < -0.3 is 4.90 Å². The Morgan fingerprint density at radius 2 is 1.78 bits per heavy atom. The molecule has 0 saturated carbocycles. The zero-order valence-electron chi connectivity index (χ0n) is 12.9. The molecule has 2 aromatic rings. The summed E-state index contributed by atoms with van der Waals surface area (Å²) in [4.78, 5) is 4.52. The third-order valence-corrected chi connectivity index (χ3v) is 5.96. The van der Waals surface area contributed by atoms with Crippen LogP contribution < -0.4 is 0 Å². The second-order valence-corrected chi connectivity index (χ2v) is 7.69. The molecule has 0 atom stereocenters. The lowest BCUT2D eigenvalue weighted by Crippen LogP contribution is -2.27. The van der Waals surface area contributed by atoms with Gasteiger partial charge in [0.25, 0.3) is 0 Å². The summed E-state index contributed by atoms with van der Waals surface area (Å²) in [5.41, 5.74) is 5.07. The van der Waals surface area contributed by atoms with Crippen molar-refractivity contribution in [3.05, 3.63) is 63.9 Å². The number of halogens is 2. The van der Waals surface area contributed by atoms with Gasteiger partial charge in [0.15, 0.2) is 0 Å². The van der Waals surface area contributed by atoms with Gasteiger partial charge in [0.05, 0.1) is 0 Å². The van der Waals surface area contributed by atoms with Gasteiger partial charge in [-0.25, -0.2) is 4.39 Å². The largest absolute Gasteiger partial charge is 0.306 e. The summed E-state index contributed by atoms with van der Waals surface area (Å²) in [6.07, 6.45) is 2.11. The molecule has 4 heteroatoms. The van der Waals surface area contributed by atoms with Crippen LogP contribution in [0, 0.1) is 5.82 Å². The molecule has 0 unspecified atom stereocenters. The van der Waals surface area contributed by atoms with E-state index >= 15 is 0 Å². The minimum atomic E-state index is -0.179. The maximum atomic E-state index is 13.7. The summed E-state index contributed by atoms with van der Waals surface area (Å²) in [5.74, 6) is -0.179. The van der Waals surface area contributed by atoms with Gasteiger partial charge in [0.2, 0.25) is 0 Å². The number of likely N-dealkylation sites (tertiary alicyclic amines) is 1. The molecule has 0 N–H and O–H groups in total. The number of hydrogen-bond acceptors (Lipinski definition) is 2. The first-order chi connectivity index (χ1) is 11.1. The molecule has 0 radical (unpaired) electrons. The van der Waals surface area contributed by atoms with E-state index in [9.17, 15) is 4.39 Å². The van der Waals surface area contributed by atoms with Crippen LogP contribution in [0.4, 0.5) is 4.39 Å². The van der Waals surface area contributed by atoms with Crippen LogP contribution in [0.15, 0.2) is 51.8 Å². The topological polar surface area (TPSA) is 3.24 Å². The standard InChI is InChI=1S/C19H17ClFNS/c1-22-8-6-12(7-9-22)19-15-4-3-14(21)11-18(15)23-17-5-2-13(20)10-16(17)19/h2-5,10-11H,6-9H2,1H3. The van der Waals surface area contributed by atoms with E-state index in [1.807, 2.05) is 18.2 Å². The lowest BCUT2D eigenvalue weighted by atomic mass is 9.88. The van der Waals surface area contributed by atoms with E-state index in [4.69, 9.17) is 11.6 Å². The summed E-state index contributed by atoms with van der Waals surface area (Å²) in [6, 6.07) is 11.1. The fraction of sp³-hybridized carbons (Fsp3) is 0.263. The number of rotatable bonds is 0. The fourth-order valence-corrected chi connectivity index (χ4v) is 4.62. The Morgan fingerprint density at radius 3 is 2.57 bits per heavy atom. The summed E-state index contributed by atoms with van der Waals surface area (Å²) in [5, 5.41) is 0.751. The Balaban J connectivity index is 1.93. The summed E-state index contributed by atoms with van der Waals surface area (Å²) in [6.45, 7) is 2.14. The van der Waals surface area contributed by atoms with Gasteiger partial charge in [-0.2, -0.15) is 0 Å². The van der Waals surface area contributed by atoms with Gasteiger partial charge in [-0.1, -0.05) is 35.0 Å². The Morgan fingerprint density at radius 1 is 1.00 bits per heavy atom. The van der Waals surface area contributed by atoms with Crippen LogP contribution in [0.3, 0.4) is 0 Å². The van der Waals surface area contributed by atoms with Crippen LogP contribution in [-0.4, -0.2) is 25.0 Å². The van der Waals surface area contributed by atoms with Crippen LogP contribution in [0.5, 0.6) is 0 Å². The molecule has 1 nitrogen and oxygen atoms in total. The molecule has 4 rings (SSSR count). The predicted molar refractivity (Wildman–Crippen MR) is 94.7 cm³/mol. The molecule has 2 aromatic carbocycles. The second kappa shape index (κ2) is 5.97. The normalized spacial score (nSPS) is 17.9. The molecule has 23 heavy (non-hydrogen) atoms. The highest BCUT2D eigenvalue weighted by Crippen LogP contribution is 2.48. The highest BCUT2D eigenvalue weighted by atomic mass is 35.5. The SMILES string of the molecule is CN1CCC(=C2c3ccc(F)cc3Sc3ccc(Cl)cc32)CC1. The third-order valence-electron chi connectivity index (χ3n) is 4.59. The first-order valence-corrected chi connectivity index (χ1v) is 8.99. The highest BCUT2D eigenvalue weighted by molar-refractivity contribution is 7.99. The van der Waals surface area contributed by atoms with Crippen molar-refractivity contribution in [2.75, 3.05) is 20.1 Å². The van der Waals surface area contributed by atoms with Crippen molar-refractivity contribution < 1.29 is 4.39 Å². The van der Waals surface area contributed by atoms with Crippen molar-refractivity contribution in [1.82, 2.24) is 4.90 Å². The summed E-state index contributed by atoms with van der Waals surface area (Å²) < 4.78 is 13.7. The first kappa shape index (κ1) is 15.3. The van der Waals surface area contributed by atoms with Crippen LogP contribution >= 0.6 is 23.4 Å². The van der Waals surface area contributed by atoms with Crippen LogP contribution in [0.2, 0.25) is 5.02 Å². The van der Waals surface area contributed by atoms with Crippen molar-refractivity contribution in [2.45, 2.75) is 22.6 Å². The molecule has 1 saturated heterocycles. The van der Waals surface area contributed by atoms with Crippen molar-refractivity contribution in [1.29, 1.82) is 0 Å². The summed E-state index contributed by atoms with van der Waals surface area (Å²) in [7, 11) is 2.16. The second-order valence-electron chi connectivity index (χ2n) is 6.16. The Bertz CT molecular complexity index is 805. The molecule has 2 aliphatic heterocycles. The van der Waals surface area contributed by atoms with Gasteiger partial charge in [0, 0.05) is 27.9 Å². The van der Waals surface area contributed by atoms with Crippen molar-refractivity contribution >= 4 is 28.9 Å². The maximum absolute atomic E-state index is 13.7. The Labute approximate surface area is 145 Å². The molecule has 0 spiro atoms. The van der Waals surface area contributed by atoms with E-state index in [1.54, 1.807) is 23.9 Å². The quantitative estimate of drug-likeness (QED) is 0.531. The van der Waals surface area contributed by atoms with Gasteiger partial charge in [-0.05, 0) is 66.9 Å². The molecule has 2 heterocycles. The highest BCUT2D eigenvalue weighted by Gasteiger charge is 2.25. The lowest BCUT2D eigenvalue weighted by Gasteiger charge is -2.30. The van der Waals surface area contributed by atoms with Gasteiger partial charge >= 0.3 is 0 Å². The zero-order valence-corrected chi connectivity index (χ0v) is 14.5. The number of hydrogen-bond donors (Lipinski definition) is 0. The first-order valence-electron chi connectivity index (χ1n) is 7.80. The minimum Gasteiger partial charge on any atom is -0.306 e. The van der Waals surface area contributed by atoms with E-state index in [2.05, 4.69) is 18.0 Å². The zero-order chi connectivity index (χ0) is 16.0. The van der Waals surface area contributed by atoms with Gasteiger partial charge in [0.1, 0.15) is 5.82 Å². The van der Waals surface area contributed by atoms with E-state index in [1.165, 1.54) is 16.7 Å². The molecule has 118 valence electrons. The molecule has 0 aromatic heterocycles.